The summed E-state index contributed by atoms with van der Waals surface area (Å²) < 4.78 is 1.97. The highest BCUT2D eigenvalue weighted by atomic mass is 15.3. The second kappa shape index (κ2) is 6.79. The fraction of sp³-hybridized carbons (Fsp3) is 0.333. The molecule has 5 heteroatoms. The predicted molar refractivity (Wildman–Crippen MR) is 94.6 cm³/mol. The molecule has 0 aliphatic carbocycles. The molecule has 5 nitrogen and oxygen atoms in total. The molecule has 0 spiro atoms. The van der Waals surface area contributed by atoms with Crippen molar-refractivity contribution in [3.05, 3.63) is 54.0 Å². The summed E-state index contributed by atoms with van der Waals surface area (Å²) in [6.07, 6.45) is 3.93. The van der Waals surface area contributed by atoms with E-state index in [2.05, 4.69) is 64.9 Å². The summed E-state index contributed by atoms with van der Waals surface area (Å²) in [6.45, 7) is 4.68. The van der Waals surface area contributed by atoms with Gasteiger partial charge >= 0.3 is 0 Å². The van der Waals surface area contributed by atoms with Gasteiger partial charge in [0, 0.05) is 30.4 Å². The zero-order chi connectivity index (χ0) is 16.2. The molecule has 2 aromatic heterocycles. The van der Waals surface area contributed by atoms with Crippen molar-refractivity contribution >= 4 is 16.6 Å². The van der Waals surface area contributed by atoms with Crippen LogP contribution in [0.5, 0.6) is 0 Å². The molecular weight excluding hydrogens is 286 g/mol. The van der Waals surface area contributed by atoms with Gasteiger partial charge in [-0.1, -0.05) is 12.1 Å². The monoisotopic (exact) mass is 309 g/mol. The standard InChI is InChI=1S/C18H23N5/c1-14-4-6-16-10-15(5-7-18(16)21-14)11-19-17-12-20-23(13-17)9-8-22(2)3/h4-7,10,12-13,19H,8-9,11H2,1-3H3. The first kappa shape index (κ1) is 15.5. The van der Waals surface area contributed by atoms with Crippen molar-refractivity contribution in [3.63, 3.8) is 0 Å². The number of benzene rings is 1. The van der Waals surface area contributed by atoms with Crippen LogP contribution in [-0.4, -0.2) is 40.3 Å². The Morgan fingerprint density at radius 1 is 1.17 bits per heavy atom. The Kier molecular flexibility index (Phi) is 4.57. The Bertz CT molecular complexity index is 791. The van der Waals surface area contributed by atoms with Gasteiger partial charge in [0.2, 0.25) is 0 Å². The van der Waals surface area contributed by atoms with Crippen LogP contribution in [-0.2, 0) is 13.1 Å². The van der Waals surface area contributed by atoms with Crippen molar-refractivity contribution in [2.75, 3.05) is 26.0 Å². The lowest BCUT2D eigenvalue weighted by Crippen LogP contribution is -2.18. The van der Waals surface area contributed by atoms with Gasteiger partial charge in [0.05, 0.1) is 23.9 Å². The number of pyridine rings is 1. The van der Waals surface area contributed by atoms with E-state index in [1.54, 1.807) is 0 Å². The van der Waals surface area contributed by atoms with Crippen LogP contribution in [0.3, 0.4) is 0 Å². The van der Waals surface area contributed by atoms with Gasteiger partial charge in [-0.15, -0.1) is 0 Å². The van der Waals surface area contributed by atoms with E-state index in [9.17, 15) is 0 Å². The summed E-state index contributed by atoms with van der Waals surface area (Å²) >= 11 is 0. The van der Waals surface area contributed by atoms with Gasteiger partial charge in [0.15, 0.2) is 0 Å². The van der Waals surface area contributed by atoms with Crippen LogP contribution < -0.4 is 5.32 Å². The quantitative estimate of drug-likeness (QED) is 0.760. The summed E-state index contributed by atoms with van der Waals surface area (Å²) in [5.74, 6) is 0. The summed E-state index contributed by atoms with van der Waals surface area (Å²) in [6, 6.07) is 10.6. The first-order valence-electron chi connectivity index (χ1n) is 7.87. The van der Waals surface area contributed by atoms with Crippen molar-refractivity contribution in [2.24, 2.45) is 0 Å². The Morgan fingerprint density at radius 2 is 2.04 bits per heavy atom. The van der Waals surface area contributed by atoms with Crippen molar-refractivity contribution in [1.29, 1.82) is 0 Å². The van der Waals surface area contributed by atoms with Gasteiger partial charge < -0.3 is 10.2 Å². The van der Waals surface area contributed by atoms with Crippen LogP contribution in [0.15, 0.2) is 42.7 Å². The Balaban J connectivity index is 1.63. The van der Waals surface area contributed by atoms with E-state index >= 15 is 0 Å². The zero-order valence-corrected chi connectivity index (χ0v) is 14.0. The van der Waals surface area contributed by atoms with Crippen molar-refractivity contribution in [3.8, 4) is 0 Å². The smallest absolute Gasteiger partial charge is 0.0729 e. The highest BCUT2D eigenvalue weighted by Crippen LogP contribution is 2.16. The summed E-state index contributed by atoms with van der Waals surface area (Å²) in [4.78, 5) is 6.69. The molecule has 0 fully saturated rings. The number of rotatable bonds is 6. The molecule has 0 amide bonds. The number of aryl methyl sites for hydroxylation is 1. The largest absolute Gasteiger partial charge is 0.378 e. The molecule has 2 heterocycles. The van der Waals surface area contributed by atoms with Gasteiger partial charge in [-0.05, 0) is 44.8 Å². The highest BCUT2D eigenvalue weighted by molar-refractivity contribution is 5.79. The van der Waals surface area contributed by atoms with Gasteiger partial charge in [0.1, 0.15) is 0 Å². The molecule has 0 aliphatic heterocycles. The summed E-state index contributed by atoms with van der Waals surface area (Å²) in [5.41, 5.74) is 4.38. The van der Waals surface area contributed by atoms with Crippen molar-refractivity contribution in [1.82, 2.24) is 19.7 Å². The van der Waals surface area contributed by atoms with Crippen molar-refractivity contribution < 1.29 is 0 Å². The predicted octanol–water partition coefficient (Wildman–Crippen LogP) is 2.91. The molecular formula is C18H23N5. The third kappa shape index (κ3) is 4.07. The maximum atomic E-state index is 4.54. The first-order valence-corrected chi connectivity index (χ1v) is 7.87. The van der Waals surface area contributed by atoms with E-state index in [0.717, 1.165) is 36.5 Å². The normalized spacial score (nSPS) is 11.3. The van der Waals surface area contributed by atoms with Crippen LogP contribution >= 0.6 is 0 Å². The van der Waals surface area contributed by atoms with E-state index in [4.69, 9.17) is 0 Å². The third-order valence-electron chi connectivity index (χ3n) is 3.80. The highest BCUT2D eigenvalue weighted by Gasteiger charge is 2.01. The van der Waals surface area contributed by atoms with E-state index in [1.165, 1.54) is 10.9 Å². The lowest BCUT2D eigenvalue weighted by molar-refractivity contribution is 0.373. The number of likely N-dealkylation sites (N-methyl/N-ethyl adjacent to an activating group) is 1. The first-order chi connectivity index (χ1) is 11.1. The minimum absolute atomic E-state index is 0.781. The number of nitrogens with zero attached hydrogens (tertiary/aromatic N) is 4. The van der Waals surface area contributed by atoms with E-state index in [-0.39, 0.29) is 0 Å². The lowest BCUT2D eigenvalue weighted by atomic mass is 10.1. The molecule has 0 radical (unpaired) electrons. The number of anilines is 1. The molecule has 1 N–H and O–H groups in total. The summed E-state index contributed by atoms with van der Waals surface area (Å²) in [7, 11) is 4.14. The average Bonchev–Trinajstić information content (AvgIpc) is 2.99. The zero-order valence-electron chi connectivity index (χ0n) is 14.0. The van der Waals surface area contributed by atoms with Gasteiger partial charge in [0.25, 0.3) is 0 Å². The fourth-order valence-corrected chi connectivity index (χ4v) is 2.47. The molecule has 3 aromatic rings. The molecule has 0 bridgehead atoms. The second-order valence-corrected chi connectivity index (χ2v) is 6.13. The maximum absolute atomic E-state index is 4.54. The number of hydrogen-bond acceptors (Lipinski definition) is 4. The van der Waals surface area contributed by atoms with Crippen LogP contribution in [0.2, 0.25) is 0 Å². The van der Waals surface area contributed by atoms with Crippen LogP contribution in [0.25, 0.3) is 10.9 Å². The fourth-order valence-electron chi connectivity index (χ4n) is 2.47. The number of aromatic nitrogens is 3. The summed E-state index contributed by atoms with van der Waals surface area (Å²) in [5, 5.41) is 8.98. The Morgan fingerprint density at radius 3 is 2.87 bits per heavy atom. The Labute approximate surface area is 136 Å². The van der Waals surface area contributed by atoms with Gasteiger partial charge in [-0.2, -0.15) is 5.10 Å². The van der Waals surface area contributed by atoms with Gasteiger partial charge in [-0.25, -0.2) is 0 Å². The molecule has 23 heavy (non-hydrogen) atoms. The molecule has 0 atom stereocenters. The molecule has 0 saturated carbocycles. The number of nitrogens with one attached hydrogen (secondary N) is 1. The minimum atomic E-state index is 0.781. The lowest BCUT2D eigenvalue weighted by Gasteiger charge is -2.08. The van der Waals surface area contributed by atoms with E-state index in [0.29, 0.717) is 0 Å². The maximum Gasteiger partial charge on any atom is 0.0729 e. The number of fused-ring (bicyclic) bond motifs is 1. The van der Waals surface area contributed by atoms with Crippen LogP contribution in [0.1, 0.15) is 11.3 Å². The van der Waals surface area contributed by atoms with Gasteiger partial charge in [-0.3, -0.25) is 9.67 Å². The average molecular weight is 309 g/mol. The van der Waals surface area contributed by atoms with Crippen LogP contribution in [0, 0.1) is 6.92 Å². The van der Waals surface area contributed by atoms with E-state index in [1.807, 2.05) is 23.9 Å². The molecule has 1 aromatic carbocycles. The second-order valence-electron chi connectivity index (χ2n) is 6.13. The number of hydrogen-bond donors (Lipinski definition) is 1. The molecule has 0 saturated heterocycles. The SMILES string of the molecule is Cc1ccc2cc(CNc3cnn(CCN(C)C)c3)ccc2n1. The third-order valence-corrected chi connectivity index (χ3v) is 3.80. The molecule has 0 unspecified atom stereocenters. The molecule has 0 aliphatic rings. The Hall–Kier alpha value is -2.40. The molecule has 3 rings (SSSR count). The minimum Gasteiger partial charge on any atom is -0.378 e. The molecule has 120 valence electrons. The van der Waals surface area contributed by atoms with Crippen LogP contribution in [0.4, 0.5) is 5.69 Å². The van der Waals surface area contributed by atoms with Crippen molar-refractivity contribution in [2.45, 2.75) is 20.0 Å². The van der Waals surface area contributed by atoms with E-state index < -0.39 is 0 Å². The topological polar surface area (TPSA) is 46.0 Å².